The van der Waals surface area contributed by atoms with Crippen LogP contribution in [0.4, 0.5) is 36.3 Å². The van der Waals surface area contributed by atoms with Gasteiger partial charge in [-0.2, -0.15) is 18.2 Å². The predicted molar refractivity (Wildman–Crippen MR) is 134 cm³/mol. The molecule has 0 spiro atoms. The maximum Gasteiger partial charge on any atom is 0.416 e. The highest BCUT2D eigenvalue weighted by atomic mass is 19.4. The summed E-state index contributed by atoms with van der Waals surface area (Å²) in [6, 6.07) is 9.09. The van der Waals surface area contributed by atoms with Crippen LogP contribution in [0.15, 0.2) is 55.0 Å². The molecular weight excluding hydrogens is 487 g/mol. The first-order valence-corrected chi connectivity index (χ1v) is 11.4. The van der Waals surface area contributed by atoms with Crippen LogP contribution in [0.5, 0.6) is 0 Å². The molecule has 0 aliphatic heterocycles. The molecule has 0 saturated carbocycles. The van der Waals surface area contributed by atoms with Crippen LogP contribution in [0.25, 0.3) is 11.0 Å². The van der Waals surface area contributed by atoms with E-state index in [1.807, 2.05) is 13.8 Å². The molecule has 12 heteroatoms. The molecule has 37 heavy (non-hydrogen) atoms. The highest BCUT2D eigenvalue weighted by molar-refractivity contribution is 6.04. The molecule has 0 radical (unpaired) electrons. The van der Waals surface area contributed by atoms with E-state index < -0.39 is 17.6 Å². The molecule has 1 unspecified atom stereocenters. The molecule has 0 saturated heterocycles. The van der Waals surface area contributed by atoms with E-state index >= 15 is 0 Å². The number of hydrogen-bond donors (Lipinski definition) is 4. The van der Waals surface area contributed by atoms with Crippen molar-refractivity contribution in [3.8, 4) is 0 Å². The molecular formula is C25H24F3N7O2. The third kappa shape index (κ3) is 6.09. The van der Waals surface area contributed by atoms with Crippen LogP contribution in [0.1, 0.15) is 34.8 Å². The third-order valence-corrected chi connectivity index (χ3v) is 5.64. The number of nitrogens with one attached hydrogen (secondary N) is 3. The van der Waals surface area contributed by atoms with Gasteiger partial charge in [0.2, 0.25) is 5.95 Å². The lowest BCUT2D eigenvalue weighted by atomic mass is 10.1. The van der Waals surface area contributed by atoms with Crippen LogP contribution in [-0.4, -0.2) is 43.6 Å². The zero-order chi connectivity index (χ0) is 26.6. The minimum absolute atomic E-state index is 0.0611. The van der Waals surface area contributed by atoms with E-state index in [0.29, 0.717) is 40.6 Å². The standard InChI is InChI=1S/C25H24F3N7O2/c1-3-17(12-36)33-24-29-11-19-21(30-13-31-22(19)35-24)34-20-10-18(8-7-14(20)2)32-23(37)15-5-4-6-16(9-15)25(26,27)28/h4-11,13,17,36H,3,12H2,1-2H3,(H,32,37)(H2,29,30,31,33,34,35). The maximum absolute atomic E-state index is 13.0. The van der Waals surface area contributed by atoms with Gasteiger partial charge in [0, 0.05) is 23.1 Å². The first-order chi connectivity index (χ1) is 17.7. The zero-order valence-corrected chi connectivity index (χ0v) is 20.0. The van der Waals surface area contributed by atoms with Crippen LogP contribution >= 0.6 is 0 Å². The van der Waals surface area contributed by atoms with Crippen LogP contribution in [0.2, 0.25) is 0 Å². The maximum atomic E-state index is 13.0. The predicted octanol–water partition coefficient (Wildman–Crippen LogP) is 4.93. The Morgan fingerprint density at radius 2 is 1.92 bits per heavy atom. The summed E-state index contributed by atoms with van der Waals surface area (Å²) in [5.74, 6) is 0.0822. The second kappa shape index (κ2) is 10.7. The number of carbonyl (C=O) groups is 1. The van der Waals surface area contributed by atoms with Crippen molar-refractivity contribution in [1.82, 2.24) is 19.9 Å². The molecule has 9 nitrogen and oxygen atoms in total. The fourth-order valence-electron chi connectivity index (χ4n) is 3.48. The molecule has 2 aromatic carbocycles. The number of halogens is 3. The van der Waals surface area contributed by atoms with E-state index in [4.69, 9.17) is 0 Å². The number of aliphatic hydroxyl groups excluding tert-OH is 1. The number of alkyl halides is 3. The highest BCUT2D eigenvalue weighted by Crippen LogP contribution is 2.30. The largest absolute Gasteiger partial charge is 0.416 e. The van der Waals surface area contributed by atoms with Crippen molar-refractivity contribution in [2.24, 2.45) is 0 Å². The van der Waals surface area contributed by atoms with Gasteiger partial charge in [0.15, 0.2) is 5.65 Å². The van der Waals surface area contributed by atoms with Crippen LogP contribution < -0.4 is 16.0 Å². The second-order valence-corrected chi connectivity index (χ2v) is 8.27. The first-order valence-electron chi connectivity index (χ1n) is 11.4. The number of benzene rings is 2. The number of aromatic nitrogens is 4. The van der Waals surface area contributed by atoms with Crippen LogP contribution in [-0.2, 0) is 6.18 Å². The summed E-state index contributed by atoms with van der Waals surface area (Å²) >= 11 is 0. The van der Waals surface area contributed by atoms with Crippen molar-refractivity contribution in [2.75, 3.05) is 22.6 Å². The Balaban J connectivity index is 1.56. The van der Waals surface area contributed by atoms with Gasteiger partial charge in [-0.3, -0.25) is 4.79 Å². The smallest absolute Gasteiger partial charge is 0.394 e. The molecule has 0 aliphatic carbocycles. The average Bonchev–Trinajstić information content (AvgIpc) is 2.88. The minimum Gasteiger partial charge on any atom is -0.394 e. The number of aryl methyl sites for hydroxylation is 1. The second-order valence-electron chi connectivity index (χ2n) is 8.27. The quantitative estimate of drug-likeness (QED) is 0.263. The molecule has 2 aromatic heterocycles. The van der Waals surface area contributed by atoms with E-state index in [9.17, 15) is 23.1 Å². The van der Waals surface area contributed by atoms with Crippen molar-refractivity contribution < 1.29 is 23.1 Å². The van der Waals surface area contributed by atoms with Crippen molar-refractivity contribution >= 4 is 40.1 Å². The van der Waals surface area contributed by atoms with Crippen molar-refractivity contribution in [1.29, 1.82) is 0 Å². The molecule has 1 atom stereocenters. The number of rotatable bonds is 8. The summed E-state index contributed by atoms with van der Waals surface area (Å²) in [5.41, 5.74) is 1.19. The Hall–Kier alpha value is -4.32. The zero-order valence-electron chi connectivity index (χ0n) is 20.0. The minimum atomic E-state index is -4.55. The summed E-state index contributed by atoms with van der Waals surface area (Å²) in [6.07, 6.45) is -0.950. The summed E-state index contributed by atoms with van der Waals surface area (Å²) in [4.78, 5) is 29.8. The van der Waals surface area contributed by atoms with Gasteiger partial charge < -0.3 is 21.1 Å². The van der Waals surface area contributed by atoms with Gasteiger partial charge in [0.1, 0.15) is 12.1 Å². The van der Waals surface area contributed by atoms with E-state index in [1.165, 1.54) is 18.5 Å². The Morgan fingerprint density at radius 3 is 2.65 bits per heavy atom. The van der Waals surface area contributed by atoms with Gasteiger partial charge in [-0.05, 0) is 49.2 Å². The van der Waals surface area contributed by atoms with E-state index in [-0.39, 0.29) is 18.2 Å². The van der Waals surface area contributed by atoms with Gasteiger partial charge in [0.25, 0.3) is 5.91 Å². The van der Waals surface area contributed by atoms with Crippen molar-refractivity contribution in [3.63, 3.8) is 0 Å². The van der Waals surface area contributed by atoms with Gasteiger partial charge >= 0.3 is 6.18 Å². The van der Waals surface area contributed by atoms with Gasteiger partial charge in [-0.25, -0.2) is 15.0 Å². The fourth-order valence-corrected chi connectivity index (χ4v) is 3.48. The Morgan fingerprint density at radius 1 is 1.11 bits per heavy atom. The SMILES string of the molecule is CCC(CO)Nc1ncc2c(Nc3cc(NC(=O)c4cccc(C(F)(F)F)c4)ccc3C)ncnc2n1. The molecule has 192 valence electrons. The number of anilines is 4. The summed E-state index contributed by atoms with van der Waals surface area (Å²) < 4.78 is 39.0. The topological polar surface area (TPSA) is 125 Å². The summed E-state index contributed by atoms with van der Waals surface area (Å²) in [6.45, 7) is 3.72. The number of amides is 1. The van der Waals surface area contributed by atoms with Gasteiger partial charge in [-0.1, -0.05) is 19.1 Å². The number of carbonyl (C=O) groups excluding carboxylic acids is 1. The first kappa shape index (κ1) is 25.8. The Labute approximate surface area is 210 Å². The lowest BCUT2D eigenvalue weighted by Crippen LogP contribution is -2.23. The molecule has 4 N–H and O–H groups in total. The van der Waals surface area contributed by atoms with E-state index in [1.54, 1.807) is 24.4 Å². The Bertz CT molecular complexity index is 1430. The molecule has 4 aromatic rings. The van der Waals surface area contributed by atoms with Gasteiger partial charge in [-0.15, -0.1) is 0 Å². The van der Waals surface area contributed by atoms with Crippen LogP contribution in [0, 0.1) is 6.92 Å². The van der Waals surface area contributed by atoms with Crippen molar-refractivity contribution in [3.05, 3.63) is 71.7 Å². The van der Waals surface area contributed by atoms with Crippen LogP contribution in [0.3, 0.4) is 0 Å². The monoisotopic (exact) mass is 511 g/mol. The average molecular weight is 512 g/mol. The van der Waals surface area contributed by atoms with E-state index in [0.717, 1.165) is 17.7 Å². The van der Waals surface area contributed by atoms with E-state index in [2.05, 4.69) is 35.9 Å². The molecule has 4 rings (SSSR count). The number of fused-ring (bicyclic) bond motifs is 1. The Kier molecular flexibility index (Phi) is 7.48. The molecule has 2 heterocycles. The number of nitrogens with zero attached hydrogens (tertiary/aromatic N) is 4. The highest BCUT2D eigenvalue weighted by Gasteiger charge is 2.30. The molecule has 0 fully saturated rings. The third-order valence-electron chi connectivity index (χ3n) is 5.64. The van der Waals surface area contributed by atoms with Gasteiger partial charge in [0.05, 0.1) is 23.6 Å². The normalized spacial score (nSPS) is 12.3. The summed E-state index contributed by atoms with van der Waals surface area (Å²) in [5, 5.41) is 18.8. The fraction of sp³-hybridized carbons (Fsp3) is 0.240. The molecule has 0 bridgehead atoms. The lowest BCUT2D eigenvalue weighted by molar-refractivity contribution is -0.137. The van der Waals surface area contributed by atoms with Crippen molar-refractivity contribution in [2.45, 2.75) is 32.5 Å². The lowest BCUT2D eigenvalue weighted by Gasteiger charge is -2.15. The number of aliphatic hydroxyl groups is 1. The molecule has 0 aliphatic rings. The molecule has 1 amide bonds. The summed E-state index contributed by atoms with van der Waals surface area (Å²) in [7, 11) is 0. The number of hydrogen-bond acceptors (Lipinski definition) is 8.